The predicted octanol–water partition coefficient (Wildman–Crippen LogP) is 4.63. The third kappa shape index (κ3) is 2.54. The van der Waals surface area contributed by atoms with Crippen molar-refractivity contribution in [3.8, 4) is 0 Å². The van der Waals surface area contributed by atoms with Gasteiger partial charge in [0.25, 0.3) is 0 Å². The molecule has 1 aromatic heterocycles. The van der Waals surface area contributed by atoms with E-state index in [1.165, 1.54) is 9.75 Å². The highest BCUT2D eigenvalue weighted by Crippen LogP contribution is 2.40. The zero-order valence-corrected chi connectivity index (χ0v) is 11.6. The second kappa shape index (κ2) is 3.57. The van der Waals surface area contributed by atoms with E-state index >= 15 is 0 Å². The number of thiol groups is 1. The van der Waals surface area contributed by atoms with Crippen molar-refractivity contribution in [2.24, 2.45) is 0 Å². The van der Waals surface area contributed by atoms with E-state index in [9.17, 15) is 0 Å². The van der Waals surface area contributed by atoms with Gasteiger partial charge in [-0.15, -0.1) is 24.0 Å². The fourth-order valence-electron chi connectivity index (χ4n) is 1.29. The van der Waals surface area contributed by atoms with Crippen LogP contribution in [0.25, 0.3) is 0 Å². The normalized spacial score (nSPS) is 13.4. The van der Waals surface area contributed by atoms with Gasteiger partial charge in [0.1, 0.15) is 0 Å². The number of rotatable bonds is 0. The van der Waals surface area contributed by atoms with Gasteiger partial charge in [-0.25, -0.2) is 0 Å². The third-order valence-corrected chi connectivity index (χ3v) is 4.62. The zero-order valence-electron chi connectivity index (χ0n) is 9.93. The molecule has 0 radical (unpaired) electrons. The monoisotopic (exact) mass is 228 g/mol. The SMILES string of the molecule is CC(C)(C)c1cc(S)c(C(C)(C)C)s1. The van der Waals surface area contributed by atoms with Gasteiger partial charge in [-0.2, -0.15) is 0 Å². The summed E-state index contributed by atoms with van der Waals surface area (Å²) in [4.78, 5) is 3.96. The Morgan fingerprint density at radius 3 is 1.71 bits per heavy atom. The Hall–Kier alpha value is 0.0500. The molecular weight excluding hydrogens is 208 g/mol. The molecule has 0 N–H and O–H groups in total. The smallest absolute Gasteiger partial charge is 0.0235 e. The van der Waals surface area contributed by atoms with Crippen molar-refractivity contribution in [1.82, 2.24) is 0 Å². The largest absolute Gasteiger partial charge is 0.143 e. The fourth-order valence-corrected chi connectivity index (χ4v) is 3.15. The van der Waals surface area contributed by atoms with E-state index in [4.69, 9.17) is 0 Å². The molecule has 1 heterocycles. The Morgan fingerprint density at radius 1 is 1.00 bits per heavy atom. The molecular formula is C12H20S2. The lowest BCUT2D eigenvalue weighted by molar-refractivity contribution is 0.593. The summed E-state index contributed by atoms with van der Waals surface area (Å²) >= 11 is 6.45. The first-order chi connectivity index (χ1) is 6.12. The number of hydrogen-bond donors (Lipinski definition) is 1. The topological polar surface area (TPSA) is 0 Å². The molecule has 0 bridgehead atoms. The van der Waals surface area contributed by atoms with Crippen LogP contribution in [0.2, 0.25) is 0 Å². The molecule has 0 aliphatic heterocycles. The summed E-state index contributed by atoms with van der Waals surface area (Å²) in [6.45, 7) is 13.5. The second-order valence-corrected chi connectivity index (χ2v) is 7.36. The molecule has 0 saturated heterocycles. The van der Waals surface area contributed by atoms with Crippen molar-refractivity contribution in [2.45, 2.75) is 57.3 Å². The van der Waals surface area contributed by atoms with E-state index in [0.29, 0.717) is 0 Å². The van der Waals surface area contributed by atoms with Gasteiger partial charge in [0.05, 0.1) is 0 Å². The molecule has 1 rings (SSSR count). The van der Waals surface area contributed by atoms with E-state index < -0.39 is 0 Å². The third-order valence-electron chi connectivity index (χ3n) is 2.13. The zero-order chi connectivity index (χ0) is 11.1. The molecule has 0 spiro atoms. The van der Waals surface area contributed by atoms with Gasteiger partial charge in [0.15, 0.2) is 0 Å². The average Bonchev–Trinajstić information content (AvgIpc) is 2.27. The Morgan fingerprint density at radius 2 is 1.50 bits per heavy atom. The van der Waals surface area contributed by atoms with Crippen molar-refractivity contribution < 1.29 is 0 Å². The van der Waals surface area contributed by atoms with Gasteiger partial charge in [-0.05, 0) is 16.9 Å². The summed E-state index contributed by atoms with van der Waals surface area (Å²) in [6, 6.07) is 2.22. The lowest BCUT2D eigenvalue weighted by Crippen LogP contribution is -2.10. The highest BCUT2D eigenvalue weighted by Gasteiger charge is 2.24. The molecule has 0 atom stereocenters. The molecule has 0 aromatic carbocycles. The highest BCUT2D eigenvalue weighted by atomic mass is 32.1. The van der Waals surface area contributed by atoms with E-state index in [1.54, 1.807) is 0 Å². The van der Waals surface area contributed by atoms with E-state index in [-0.39, 0.29) is 10.8 Å². The first-order valence-corrected chi connectivity index (χ1v) is 6.22. The van der Waals surface area contributed by atoms with Gasteiger partial charge in [-0.1, -0.05) is 41.5 Å². The Balaban J connectivity index is 3.19. The minimum atomic E-state index is 0.214. The second-order valence-electron chi connectivity index (χ2n) is 5.83. The lowest BCUT2D eigenvalue weighted by atomic mass is 9.93. The Labute approximate surface area is 97.1 Å². The molecule has 0 nitrogen and oxygen atoms in total. The van der Waals surface area contributed by atoms with Crippen LogP contribution in [0.1, 0.15) is 51.3 Å². The van der Waals surface area contributed by atoms with Gasteiger partial charge in [0, 0.05) is 14.6 Å². The van der Waals surface area contributed by atoms with Crippen LogP contribution < -0.4 is 0 Å². The minimum absolute atomic E-state index is 0.214. The summed E-state index contributed by atoms with van der Waals surface area (Å²) < 4.78 is 0. The van der Waals surface area contributed by atoms with E-state index in [2.05, 4.69) is 60.2 Å². The van der Waals surface area contributed by atoms with Crippen LogP contribution in [0, 0.1) is 0 Å². The fraction of sp³-hybridized carbons (Fsp3) is 0.667. The molecule has 0 amide bonds. The average molecular weight is 228 g/mol. The van der Waals surface area contributed by atoms with E-state index in [1.807, 2.05) is 11.3 Å². The van der Waals surface area contributed by atoms with Crippen molar-refractivity contribution in [2.75, 3.05) is 0 Å². The van der Waals surface area contributed by atoms with Crippen molar-refractivity contribution >= 4 is 24.0 Å². The predicted molar refractivity (Wildman–Crippen MR) is 69.0 cm³/mol. The summed E-state index contributed by atoms with van der Waals surface area (Å²) in [5.41, 5.74) is 0.455. The maximum atomic E-state index is 4.55. The van der Waals surface area contributed by atoms with Gasteiger partial charge < -0.3 is 0 Å². The van der Waals surface area contributed by atoms with Crippen molar-refractivity contribution in [3.63, 3.8) is 0 Å². The summed E-state index contributed by atoms with van der Waals surface area (Å²) in [5.74, 6) is 0. The summed E-state index contributed by atoms with van der Waals surface area (Å²) in [6.07, 6.45) is 0. The maximum Gasteiger partial charge on any atom is 0.0235 e. The van der Waals surface area contributed by atoms with Gasteiger partial charge in [0.2, 0.25) is 0 Å². The van der Waals surface area contributed by atoms with Crippen LogP contribution in [-0.4, -0.2) is 0 Å². The van der Waals surface area contributed by atoms with E-state index in [0.717, 1.165) is 4.90 Å². The van der Waals surface area contributed by atoms with Crippen LogP contribution in [0.3, 0.4) is 0 Å². The molecule has 2 heteroatoms. The Bertz CT molecular complexity index is 321. The standard InChI is InChI=1S/C12H20S2/c1-11(2,3)9-7-8(13)10(14-9)12(4,5)6/h7,13H,1-6H3. The highest BCUT2D eigenvalue weighted by molar-refractivity contribution is 7.80. The Kier molecular flexibility index (Phi) is 3.09. The van der Waals surface area contributed by atoms with Crippen molar-refractivity contribution in [3.05, 3.63) is 15.8 Å². The molecule has 0 aliphatic rings. The molecule has 0 saturated carbocycles. The molecule has 14 heavy (non-hydrogen) atoms. The number of thiophene rings is 1. The van der Waals surface area contributed by atoms with Crippen LogP contribution in [0.4, 0.5) is 0 Å². The van der Waals surface area contributed by atoms with Crippen LogP contribution in [0.15, 0.2) is 11.0 Å². The van der Waals surface area contributed by atoms with Gasteiger partial charge >= 0.3 is 0 Å². The van der Waals surface area contributed by atoms with Crippen molar-refractivity contribution in [1.29, 1.82) is 0 Å². The summed E-state index contributed by atoms with van der Waals surface area (Å²) in [7, 11) is 0. The van der Waals surface area contributed by atoms with Crippen LogP contribution in [-0.2, 0) is 10.8 Å². The number of hydrogen-bond acceptors (Lipinski definition) is 2. The maximum absolute atomic E-state index is 4.55. The minimum Gasteiger partial charge on any atom is -0.143 e. The molecule has 0 aliphatic carbocycles. The molecule has 1 aromatic rings. The van der Waals surface area contributed by atoms with Crippen LogP contribution >= 0.6 is 24.0 Å². The van der Waals surface area contributed by atoms with Crippen LogP contribution in [0.5, 0.6) is 0 Å². The molecule has 80 valence electrons. The summed E-state index contributed by atoms with van der Waals surface area (Å²) in [5, 5.41) is 0. The first-order valence-electron chi connectivity index (χ1n) is 4.96. The van der Waals surface area contributed by atoms with Gasteiger partial charge in [-0.3, -0.25) is 0 Å². The molecule has 0 unspecified atom stereocenters. The molecule has 0 fully saturated rings. The quantitative estimate of drug-likeness (QED) is 0.615. The lowest BCUT2D eigenvalue weighted by Gasteiger charge is -2.18. The first kappa shape index (κ1) is 12.1.